The van der Waals surface area contributed by atoms with Crippen LogP contribution in [0.2, 0.25) is 0 Å². The van der Waals surface area contributed by atoms with Gasteiger partial charge in [-0.1, -0.05) is 12.1 Å². The maximum Gasteiger partial charge on any atom is 0.0927 e. The van der Waals surface area contributed by atoms with Crippen LogP contribution in [0.15, 0.2) is 30.9 Å². The molecule has 0 spiro atoms. The van der Waals surface area contributed by atoms with Gasteiger partial charge in [0.05, 0.1) is 18.3 Å². The van der Waals surface area contributed by atoms with Crippen molar-refractivity contribution in [1.29, 1.82) is 0 Å². The van der Waals surface area contributed by atoms with Crippen molar-refractivity contribution in [2.75, 3.05) is 24.8 Å². The zero-order chi connectivity index (χ0) is 13.4. The molecule has 0 aromatic heterocycles. The molecule has 1 aliphatic carbocycles. The second kappa shape index (κ2) is 4.99. The van der Waals surface area contributed by atoms with E-state index in [1.165, 1.54) is 16.8 Å². The second-order valence-corrected chi connectivity index (χ2v) is 5.66. The van der Waals surface area contributed by atoms with Gasteiger partial charge in [-0.3, -0.25) is 9.90 Å². The van der Waals surface area contributed by atoms with Crippen LogP contribution in [0.1, 0.15) is 11.1 Å². The predicted octanol–water partition coefficient (Wildman–Crippen LogP) is 2.45. The number of rotatable bonds is 5. The van der Waals surface area contributed by atoms with Gasteiger partial charge in [0.25, 0.3) is 0 Å². The van der Waals surface area contributed by atoms with E-state index in [0.717, 1.165) is 24.9 Å². The third-order valence-corrected chi connectivity index (χ3v) is 4.39. The SMILES string of the molecule is C=CCON(c1ccc(C)c(C)c1)C1C2CNCC21. The summed E-state index contributed by atoms with van der Waals surface area (Å²) in [4.78, 5) is 5.92. The lowest BCUT2D eigenvalue weighted by Crippen LogP contribution is -2.33. The Kier molecular flexibility index (Phi) is 3.33. The van der Waals surface area contributed by atoms with Crippen molar-refractivity contribution in [2.24, 2.45) is 11.8 Å². The van der Waals surface area contributed by atoms with Crippen molar-refractivity contribution in [1.82, 2.24) is 5.32 Å². The van der Waals surface area contributed by atoms with Gasteiger partial charge in [0.1, 0.15) is 0 Å². The smallest absolute Gasteiger partial charge is 0.0927 e. The molecular weight excluding hydrogens is 236 g/mol. The van der Waals surface area contributed by atoms with Gasteiger partial charge in [0.15, 0.2) is 0 Å². The molecule has 3 rings (SSSR count). The minimum Gasteiger partial charge on any atom is -0.316 e. The molecule has 0 amide bonds. The summed E-state index contributed by atoms with van der Waals surface area (Å²) in [6.07, 6.45) is 1.81. The molecule has 2 fully saturated rings. The number of hydrogen-bond acceptors (Lipinski definition) is 3. The summed E-state index contributed by atoms with van der Waals surface area (Å²) < 4.78 is 0. The predicted molar refractivity (Wildman–Crippen MR) is 78.2 cm³/mol. The first kappa shape index (κ1) is 12.7. The van der Waals surface area contributed by atoms with E-state index in [4.69, 9.17) is 4.84 Å². The summed E-state index contributed by atoms with van der Waals surface area (Å²) in [5.41, 5.74) is 3.81. The van der Waals surface area contributed by atoms with Gasteiger partial charge < -0.3 is 5.32 Å². The number of anilines is 1. The molecule has 1 saturated carbocycles. The minimum absolute atomic E-state index is 0.531. The number of nitrogens with zero attached hydrogens (tertiary/aromatic N) is 1. The Balaban J connectivity index is 1.82. The molecule has 102 valence electrons. The van der Waals surface area contributed by atoms with E-state index in [1.807, 2.05) is 6.08 Å². The number of hydrogen-bond donors (Lipinski definition) is 1. The summed E-state index contributed by atoms with van der Waals surface area (Å²) in [5.74, 6) is 1.48. The van der Waals surface area contributed by atoms with Crippen LogP contribution in [-0.4, -0.2) is 25.7 Å². The van der Waals surface area contributed by atoms with E-state index < -0.39 is 0 Å². The van der Waals surface area contributed by atoms with Crippen molar-refractivity contribution in [3.8, 4) is 0 Å². The van der Waals surface area contributed by atoms with E-state index in [2.05, 4.69) is 49.0 Å². The fourth-order valence-corrected chi connectivity index (χ4v) is 3.06. The number of benzene rings is 1. The maximum atomic E-state index is 5.92. The molecule has 1 heterocycles. The van der Waals surface area contributed by atoms with Crippen LogP contribution < -0.4 is 10.4 Å². The van der Waals surface area contributed by atoms with Gasteiger partial charge >= 0.3 is 0 Å². The molecule has 0 bridgehead atoms. The van der Waals surface area contributed by atoms with Gasteiger partial charge in [-0.25, -0.2) is 0 Å². The largest absolute Gasteiger partial charge is 0.316 e. The van der Waals surface area contributed by atoms with Crippen LogP contribution in [0.25, 0.3) is 0 Å². The standard InChI is InChI=1S/C16H22N2O/c1-4-7-19-18(16-14-9-17-10-15(14)16)13-6-5-11(2)12(3)8-13/h4-6,8,14-17H,1,7,9-10H2,2-3H3. The molecule has 1 aromatic carbocycles. The maximum absolute atomic E-state index is 5.92. The lowest BCUT2D eigenvalue weighted by molar-refractivity contribution is 0.122. The van der Waals surface area contributed by atoms with Crippen molar-refractivity contribution in [3.63, 3.8) is 0 Å². The molecule has 2 atom stereocenters. The Hall–Kier alpha value is -1.32. The Bertz CT molecular complexity index is 476. The third-order valence-electron chi connectivity index (χ3n) is 4.39. The topological polar surface area (TPSA) is 24.5 Å². The number of nitrogens with one attached hydrogen (secondary N) is 1. The van der Waals surface area contributed by atoms with Crippen LogP contribution in [0.3, 0.4) is 0 Å². The Morgan fingerprint density at radius 1 is 1.32 bits per heavy atom. The monoisotopic (exact) mass is 258 g/mol. The van der Waals surface area contributed by atoms with Crippen molar-refractivity contribution >= 4 is 5.69 Å². The zero-order valence-corrected chi connectivity index (χ0v) is 11.7. The average molecular weight is 258 g/mol. The molecule has 1 aliphatic heterocycles. The van der Waals surface area contributed by atoms with Crippen molar-refractivity contribution < 1.29 is 4.84 Å². The molecule has 2 unspecified atom stereocenters. The van der Waals surface area contributed by atoms with Crippen molar-refractivity contribution in [2.45, 2.75) is 19.9 Å². The summed E-state index contributed by atoms with van der Waals surface area (Å²) in [6, 6.07) is 7.08. The quantitative estimate of drug-likeness (QED) is 0.648. The first-order valence-electron chi connectivity index (χ1n) is 7.03. The van der Waals surface area contributed by atoms with Crippen LogP contribution in [0.4, 0.5) is 5.69 Å². The molecule has 1 saturated heterocycles. The molecule has 0 radical (unpaired) electrons. The van der Waals surface area contributed by atoms with Crippen molar-refractivity contribution in [3.05, 3.63) is 42.0 Å². The number of fused-ring (bicyclic) bond motifs is 1. The van der Waals surface area contributed by atoms with Gasteiger partial charge in [0.2, 0.25) is 0 Å². The lowest BCUT2D eigenvalue weighted by Gasteiger charge is -2.26. The van der Waals surface area contributed by atoms with Gasteiger partial charge in [-0.2, -0.15) is 0 Å². The molecule has 2 aliphatic rings. The first-order valence-corrected chi connectivity index (χ1v) is 7.03. The highest BCUT2D eigenvalue weighted by Gasteiger charge is 2.57. The highest BCUT2D eigenvalue weighted by atomic mass is 16.7. The summed E-state index contributed by atoms with van der Waals surface area (Å²) in [5, 5.41) is 5.55. The fraction of sp³-hybridized carbons (Fsp3) is 0.500. The van der Waals surface area contributed by atoms with Crippen LogP contribution in [0, 0.1) is 25.7 Å². The molecule has 3 heteroatoms. The van der Waals surface area contributed by atoms with E-state index in [9.17, 15) is 0 Å². The lowest BCUT2D eigenvalue weighted by atomic mass is 10.1. The highest BCUT2D eigenvalue weighted by Crippen LogP contribution is 2.47. The van der Waals surface area contributed by atoms with Gasteiger partial charge in [0, 0.05) is 24.9 Å². The van der Waals surface area contributed by atoms with E-state index in [-0.39, 0.29) is 0 Å². The van der Waals surface area contributed by atoms with Crippen LogP contribution >= 0.6 is 0 Å². The van der Waals surface area contributed by atoms with E-state index >= 15 is 0 Å². The number of piperidine rings is 1. The van der Waals surface area contributed by atoms with Gasteiger partial charge in [-0.05, 0) is 37.1 Å². The minimum atomic E-state index is 0.531. The second-order valence-electron chi connectivity index (χ2n) is 5.66. The molecule has 1 N–H and O–H groups in total. The molecule has 1 aromatic rings. The Morgan fingerprint density at radius 2 is 2.05 bits per heavy atom. The summed E-state index contributed by atoms with van der Waals surface area (Å²) in [7, 11) is 0. The van der Waals surface area contributed by atoms with E-state index in [0.29, 0.717) is 12.6 Å². The molecule has 3 nitrogen and oxygen atoms in total. The fourth-order valence-electron chi connectivity index (χ4n) is 3.06. The highest BCUT2D eigenvalue weighted by molar-refractivity contribution is 5.51. The van der Waals surface area contributed by atoms with Gasteiger partial charge in [-0.15, -0.1) is 6.58 Å². The Labute approximate surface area is 115 Å². The third kappa shape index (κ3) is 2.28. The Morgan fingerprint density at radius 3 is 2.68 bits per heavy atom. The van der Waals surface area contributed by atoms with Crippen LogP contribution in [-0.2, 0) is 4.84 Å². The summed E-state index contributed by atoms with van der Waals surface area (Å²) >= 11 is 0. The normalized spacial score (nSPS) is 28.0. The molecular formula is C16H22N2O. The zero-order valence-electron chi connectivity index (χ0n) is 11.7. The molecule has 19 heavy (non-hydrogen) atoms. The van der Waals surface area contributed by atoms with E-state index in [1.54, 1.807) is 0 Å². The first-order chi connectivity index (χ1) is 9.22. The van der Waals surface area contributed by atoms with Crippen LogP contribution in [0.5, 0.6) is 0 Å². The summed E-state index contributed by atoms with van der Waals surface area (Å²) in [6.45, 7) is 10.8. The number of aryl methyl sites for hydroxylation is 2. The number of hydroxylamine groups is 1. The average Bonchev–Trinajstić information content (AvgIpc) is 2.86.